The van der Waals surface area contributed by atoms with Gasteiger partial charge in [-0.25, -0.2) is 4.98 Å². The zero-order valence-corrected chi connectivity index (χ0v) is 15.1. The highest BCUT2D eigenvalue weighted by atomic mass is 16.5. The monoisotopic (exact) mass is 372 g/mol. The van der Waals surface area contributed by atoms with E-state index in [9.17, 15) is 9.90 Å². The molecule has 2 N–H and O–H groups in total. The number of carbonyl (C=O) groups excluding carboxylic acids is 1. The predicted octanol–water partition coefficient (Wildman–Crippen LogP) is 0.00630. The van der Waals surface area contributed by atoms with E-state index in [0.717, 1.165) is 32.6 Å². The Morgan fingerprint density at radius 2 is 1.96 bits per heavy atom. The van der Waals surface area contributed by atoms with Crippen molar-refractivity contribution in [1.29, 1.82) is 0 Å². The minimum atomic E-state index is -0.550. The number of aliphatic hydroxyl groups excluding tert-OH is 1. The molecule has 2 aliphatic rings. The number of hydrogen-bond acceptors (Lipinski definition) is 7. The maximum atomic E-state index is 12.7. The van der Waals surface area contributed by atoms with Crippen LogP contribution in [0.5, 0.6) is 0 Å². The average Bonchev–Trinajstić information content (AvgIpc) is 3.25. The lowest BCUT2D eigenvalue weighted by Crippen LogP contribution is -2.58. The fourth-order valence-electron chi connectivity index (χ4n) is 3.74. The Labute approximate surface area is 157 Å². The predicted molar refractivity (Wildman–Crippen MR) is 96.4 cm³/mol. The van der Waals surface area contributed by atoms with E-state index in [4.69, 9.17) is 4.74 Å². The molecule has 4 heterocycles. The van der Waals surface area contributed by atoms with Gasteiger partial charge in [-0.15, -0.1) is 10.2 Å². The van der Waals surface area contributed by atoms with Crippen LogP contribution in [-0.4, -0.2) is 80.2 Å². The molecule has 9 nitrogen and oxygen atoms in total. The lowest BCUT2D eigenvalue weighted by atomic mass is 9.97. The SMILES string of the molecule is O=C(N[C@@H]1CN(C2CCOCC2)CC[C@@H]1O)c1cccc(-n2cnnc2)n1. The Kier molecular flexibility index (Phi) is 5.42. The van der Waals surface area contributed by atoms with E-state index in [1.807, 2.05) is 0 Å². The molecule has 1 amide bonds. The number of amides is 1. The number of rotatable bonds is 4. The molecule has 4 rings (SSSR count). The van der Waals surface area contributed by atoms with Gasteiger partial charge >= 0.3 is 0 Å². The average molecular weight is 372 g/mol. The Hall–Kier alpha value is -2.36. The molecule has 0 spiro atoms. The summed E-state index contributed by atoms with van der Waals surface area (Å²) in [5, 5.41) is 20.8. The summed E-state index contributed by atoms with van der Waals surface area (Å²) in [5.41, 5.74) is 0.302. The van der Waals surface area contributed by atoms with Crippen LogP contribution in [0.25, 0.3) is 5.82 Å². The van der Waals surface area contributed by atoms with Gasteiger partial charge in [-0.2, -0.15) is 0 Å². The number of nitrogens with zero attached hydrogens (tertiary/aromatic N) is 5. The summed E-state index contributed by atoms with van der Waals surface area (Å²) < 4.78 is 7.08. The van der Waals surface area contributed by atoms with Crippen molar-refractivity contribution < 1.29 is 14.6 Å². The number of aromatic nitrogens is 4. The van der Waals surface area contributed by atoms with Crippen LogP contribution in [0.4, 0.5) is 0 Å². The molecular formula is C18H24N6O3. The topological polar surface area (TPSA) is 105 Å². The van der Waals surface area contributed by atoms with Crippen LogP contribution in [0.15, 0.2) is 30.9 Å². The summed E-state index contributed by atoms with van der Waals surface area (Å²) in [7, 11) is 0. The van der Waals surface area contributed by atoms with Crippen LogP contribution in [0.1, 0.15) is 29.8 Å². The third kappa shape index (κ3) is 4.15. The number of nitrogens with one attached hydrogen (secondary N) is 1. The Morgan fingerprint density at radius 3 is 2.74 bits per heavy atom. The first kappa shape index (κ1) is 18.0. The van der Waals surface area contributed by atoms with Crippen LogP contribution in [0.3, 0.4) is 0 Å². The normalized spacial score (nSPS) is 24.6. The third-order valence-electron chi connectivity index (χ3n) is 5.28. The standard InChI is InChI=1S/C18H24N6O3/c25-16-4-7-23(13-5-8-27-9-6-13)10-15(16)22-18(26)14-2-1-3-17(21-14)24-11-19-20-12-24/h1-3,11-13,15-16,25H,4-10H2,(H,22,26)/t15-,16+/m1/s1. The van der Waals surface area contributed by atoms with Crippen LogP contribution in [0, 0.1) is 0 Å². The molecule has 2 aromatic heterocycles. The number of pyridine rings is 1. The molecule has 9 heteroatoms. The van der Waals surface area contributed by atoms with Crippen molar-refractivity contribution in [2.24, 2.45) is 0 Å². The van der Waals surface area contributed by atoms with Gasteiger partial charge in [0.2, 0.25) is 0 Å². The fourth-order valence-corrected chi connectivity index (χ4v) is 3.74. The second-order valence-corrected chi connectivity index (χ2v) is 7.02. The summed E-state index contributed by atoms with van der Waals surface area (Å²) in [6.45, 7) is 3.05. The summed E-state index contributed by atoms with van der Waals surface area (Å²) in [6.07, 6.45) is 5.15. The summed E-state index contributed by atoms with van der Waals surface area (Å²) >= 11 is 0. The summed E-state index contributed by atoms with van der Waals surface area (Å²) in [5.74, 6) is 0.281. The van der Waals surface area contributed by atoms with E-state index in [2.05, 4.69) is 25.4 Å². The lowest BCUT2D eigenvalue weighted by Gasteiger charge is -2.42. The maximum Gasteiger partial charge on any atom is 0.270 e. The van der Waals surface area contributed by atoms with E-state index in [1.54, 1.807) is 22.8 Å². The highest BCUT2D eigenvalue weighted by molar-refractivity contribution is 5.92. The van der Waals surface area contributed by atoms with Gasteiger partial charge in [0.1, 0.15) is 24.2 Å². The van der Waals surface area contributed by atoms with Gasteiger partial charge in [-0.05, 0) is 31.4 Å². The van der Waals surface area contributed by atoms with Gasteiger partial charge in [0, 0.05) is 32.3 Å². The zero-order valence-electron chi connectivity index (χ0n) is 15.1. The number of carbonyl (C=O) groups is 1. The van der Waals surface area contributed by atoms with Crippen LogP contribution in [0.2, 0.25) is 0 Å². The van der Waals surface area contributed by atoms with Gasteiger partial charge in [0.15, 0.2) is 0 Å². The zero-order chi connectivity index (χ0) is 18.6. The first-order valence-electron chi connectivity index (χ1n) is 9.33. The minimum Gasteiger partial charge on any atom is -0.391 e. The van der Waals surface area contributed by atoms with Crippen molar-refractivity contribution in [2.75, 3.05) is 26.3 Å². The van der Waals surface area contributed by atoms with Gasteiger partial charge in [-0.1, -0.05) is 6.07 Å². The lowest BCUT2D eigenvalue weighted by molar-refractivity contribution is -0.00895. The number of aliphatic hydroxyl groups is 1. The van der Waals surface area contributed by atoms with Gasteiger partial charge in [0.05, 0.1) is 12.1 Å². The largest absolute Gasteiger partial charge is 0.391 e. The van der Waals surface area contributed by atoms with Crippen LogP contribution in [-0.2, 0) is 4.74 Å². The van der Waals surface area contributed by atoms with Gasteiger partial charge in [-0.3, -0.25) is 14.3 Å². The number of likely N-dealkylation sites (tertiary alicyclic amines) is 1. The summed E-state index contributed by atoms with van der Waals surface area (Å²) in [6, 6.07) is 5.36. The molecule has 2 aliphatic heterocycles. The van der Waals surface area contributed by atoms with Gasteiger partial charge < -0.3 is 15.2 Å². The highest BCUT2D eigenvalue weighted by Gasteiger charge is 2.33. The molecule has 144 valence electrons. The summed E-state index contributed by atoms with van der Waals surface area (Å²) in [4.78, 5) is 19.4. The van der Waals surface area contributed by atoms with Crippen molar-refractivity contribution in [2.45, 2.75) is 37.5 Å². The Morgan fingerprint density at radius 1 is 1.19 bits per heavy atom. The van der Waals surface area contributed by atoms with Crippen LogP contribution >= 0.6 is 0 Å². The molecule has 2 atom stereocenters. The van der Waals surface area contributed by atoms with E-state index in [1.165, 1.54) is 12.7 Å². The highest BCUT2D eigenvalue weighted by Crippen LogP contribution is 2.20. The molecule has 0 aromatic carbocycles. The molecule has 0 bridgehead atoms. The van der Waals surface area contributed by atoms with E-state index >= 15 is 0 Å². The van der Waals surface area contributed by atoms with Gasteiger partial charge in [0.25, 0.3) is 5.91 Å². The molecule has 0 unspecified atom stereocenters. The molecule has 0 radical (unpaired) electrons. The third-order valence-corrected chi connectivity index (χ3v) is 5.28. The second kappa shape index (κ2) is 8.12. The smallest absolute Gasteiger partial charge is 0.270 e. The van der Waals surface area contributed by atoms with E-state index in [-0.39, 0.29) is 11.9 Å². The Bertz CT molecular complexity index is 762. The molecule has 2 saturated heterocycles. The van der Waals surface area contributed by atoms with E-state index in [0.29, 0.717) is 30.5 Å². The molecular weight excluding hydrogens is 348 g/mol. The van der Waals surface area contributed by atoms with Crippen molar-refractivity contribution in [1.82, 2.24) is 30.0 Å². The second-order valence-electron chi connectivity index (χ2n) is 7.02. The Balaban J connectivity index is 1.42. The molecule has 0 saturated carbocycles. The van der Waals surface area contributed by atoms with Crippen molar-refractivity contribution >= 4 is 5.91 Å². The van der Waals surface area contributed by atoms with Crippen LogP contribution < -0.4 is 5.32 Å². The quantitative estimate of drug-likeness (QED) is 0.779. The maximum absolute atomic E-state index is 12.7. The minimum absolute atomic E-state index is 0.289. The van der Waals surface area contributed by atoms with Crippen molar-refractivity contribution in [3.05, 3.63) is 36.5 Å². The number of hydrogen-bond donors (Lipinski definition) is 2. The first-order chi connectivity index (χ1) is 13.2. The number of piperidine rings is 1. The number of ether oxygens (including phenoxy) is 1. The van der Waals surface area contributed by atoms with Crippen molar-refractivity contribution in [3.8, 4) is 5.82 Å². The fraction of sp³-hybridized carbons (Fsp3) is 0.556. The molecule has 2 fully saturated rings. The first-order valence-corrected chi connectivity index (χ1v) is 9.33. The van der Waals surface area contributed by atoms with E-state index < -0.39 is 6.10 Å². The molecule has 2 aromatic rings. The molecule has 0 aliphatic carbocycles. The molecule has 27 heavy (non-hydrogen) atoms. The van der Waals surface area contributed by atoms with Crippen molar-refractivity contribution in [3.63, 3.8) is 0 Å².